The highest BCUT2D eigenvalue weighted by Crippen LogP contribution is 2.26. The van der Waals surface area contributed by atoms with Gasteiger partial charge in [0, 0.05) is 29.6 Å². The Bertz CT molecular complexity index is 1140. The zero-order valence-electron chi connectivity index (χ0n) is 20.9. The molecule has 5 nitrogen and oxygen atoms in total. The minimum absolute atomic E-state index is 0.108. The SMILES string of the molecule is C=C(COCC(=CC)C=C1CN(S(=O)(=O)c2ccc(C)c(Cl)c2)CCOC1=C)CC(C)C(F)=CC. The Labute approximate surface area is 214 Å². The van der Waals surface area contributed by atoms with E-state index < -0.39 is 10.0 Å². The number of ether oxygens (including phenoxy) is 2. The van der Waals surface area contributed by atoms with Crippen molar-refractivity contribution in [2.45, 2.75) is 39.0 Å². The summed E-state index contributed by atoms with van der Waals surface area (Å²) in [6.45, 7) is 16.2. The summed E-state index contributed by atoms with van der Waals surface area (Å²) in [6.07, 6.45) is 5.68. The fourth-order valence-corrected chi connectivity index (χ4v) is 5.23. The fraction of sp³-hybridized carbons (Fsp3) is 0.407. The minimum Gasteiger partial charge on any atom is -0.493 e. The molecule has 1 aliphatic heterocycles. The Hall–Kier alpha value is -2.19. The Morgan fingerprint density at radius 3 is 2.66 bits per heavy atom. The predicted octanol–water partition coefficient (Wildman–Crippen LogP) is 6.53. The molecule has 1 aromatic rings. The first-order valence-electron chi connectivity index (χ1n) is 11.5. The van der Waals surface area contributed by atoms with Crippen LogP contribution in [0.2, 0.25) is 5.02 Å². The van der Waals surface area contributed by atoms with Gasteiger partial charge >= 0.3 is 0 Å². The van der Waals surface area contributed by atoms with Crippen molar-refractivity contribution in [1.82, 2.24) is 4.31 Å². The molecule has 2 rings (SSSR count). The molecule has 1 saturated heterocycles. The topological polar surface area (TPSA) is 55.8 Å². The van der Waals surface area contributed by atoms with Gasteiger partial charge in [-0.15, -0.1) is 0 Å². The number of hydrogen-bond acceptors (Lipinski definition) is 4. The Morgan fingerprint density at radius 2 is 2.03 bits per heavy atom. The molecule has 0 amide bonds. The predicted molar refractivity (Wildman–Crippen MR) is 140 cm³/mol. The van der Waals surface area contributed by atoms with Crippen molar-refractivity contribution < 1.29 is 22.3 Å². The summed E-state index contributed by atoms with van der Waals surface area (Å²) in [6, 6.07) is 4.72. The maximum Gasteiger partial charge on any atom is 0.243 e. The van der Waals surface area contributed by atoms with Crippen molar-refractivity contribution in [1.29, 1.82) is 0 Å². The van der Waals surface area contributed by atoms with Gasteiger partial charge in [0.2, 0.25) is 10.0 Å². The molecular formula is C27H35ClFNO4S. The Balaban J connectivity index is 2.11. The smallest absolute Gasteiger partial charge is 0.243 e. The lowest BCUT2D eigenvalue weighted by molar-refractivity contribution is 0.178. The lowest BCUT2D eigenvalue weighted by Gasteiger charge is -2.20. The summed E-state index contributed by atoms with van der Waals surface area (Å²) in [4.78, 5) is 0.136. The van der Waals surface area contributed by atoms with Crippen LogP contribution in [0.1, 0.15) is 32.8 Å². The van der Waals surface area contributed by atoms with Crippen LogP contribution in [0, 0.1) is 12.8 Å². The molecule has 0 bridgehead atoms. The van der Waals surface area contributed by atoms with Crippen molar-refractivity contribution in [3.63, 3.8) is 0 Å². The van der Waals surface area contributed by atoms with Gasteiger partial charge in [0.25, 0.3) is 0 Å². The molecule has 1 aromatic carbocycles. The molecule has 0 N–H and O–H groups in total. The lowest BCUT2D eigenvalue weighted by atomic mass is 10.0. The maximum absolute atomic E-state index is 13.7. The number of allylic oxidation sites excluding steroid dienone is 3. The minimum atomic E-state index is -3.78. The molecule has 0 saturated carbocycles. The molecule has 0 aromatic heterocycles. The summed E-state index contributed by atoms with van der Waals surface area (Å²) in [7, 11) is -3.78. The number of sulfonamides is 1. The number of benzene rings is 1. The van der Waals surface area contributed by atoms with Crippen LogP contribution < -0.4 is 0 Å². The van der Waals surface area contributed by atoms with E-state index in [-0.39, 0.29) is 42.9 Å². The van der Waals surface area contributed by atoms with Crippen LogP contribution in [0.4, 0.5) is 4.39 Å². The molecule has 1 unspecified atom stereocenters. The van der Waals surface area contributed by atoms with Crippen LogP contribution in [0.5, 0.6) is 0 Å². The van der Waals surface area contributed by atoms with Gasteiger partial charge in [0.05, 0.1) is 23.9 Å². The highest BCUT2D eigenvalue weighted by atomic mass is 35.5. The highest BCUT2D eigenvalue weighted by molar-refractivity contribution is 7.89. The van der Waals surface area contributed by atoms with Gasteiger partial charge in [-0.3, -0.25) is 0 Å². The normalized spacial score (nSPS) is 18.3. The van der Waals surface area contributed by atoms with Gasteiger partial charge in [-0.25, -0.2) is 12.8 Å². The average Bonchev–Trinajstić information content (AvgIpc) is 3.00. The van der Waals surface area contributed by atoms with Gasteiger partial charge in [-0.1, -0.05) is 55.5 Å². The first-order chi connectivity index (χ1) is 16.5. The molecule has 1 heterocycles. The summed E-state index contributed by atoms with van der Waals surface area (Å²) in [5.74, 6) is 0.0237. The van der Waals surface area contributed by atoms with E-state index in [1.165, 1.54) is 16.4 Å². The molecule has 1 aliphatic rings. The van der Waals surface area contributed by atoms with E-state index in [0.717, 1.165) is 16.7 Å². The van der Waals surface area contributed by atoms with E-state index >= 15 is 0 Å². The standard InChI is InChI=1S/C27H35ClFNO4S/c1-7-23(18-33-17-19(3)13-21(5)27(29)8-2)14-24-16-30(11-12-34-22(24)6)35(31,32)25-10-9-20(4)26(28)15-25/h7-10,14-15,21H,3,6,11-13,16-18H2,1-2,4-5H3. The monoisotopic (exact) mass is 523 g/mol. The summed E-state index contributed by atoms with van der Waals surface area (Å²) in [5.41, 5.74) is 3.08. The molecule has 35 heavy (non-hydrogen) atoms. The van der Waals surface area contributed by atoms with Crippen molar-refractivity contribution in [2.75, 3.05) is 32.9 Å². The molecular weight excluding hydrogens is 489 g/mol. The van der Waals surface area contributed by atoms with Crippen molar-refractivity contribution in [3.8, 4) is 0 Å². The lowest BCUT2D eigenvalue weighted by Crippen LogP contribution is -2.33. The van der Waals surface area contributed by atoms with E-state index in [0.29, 0.717) is 29.4 Å². The van der Waals surface area contributed by atoms with Crippen LogP contribution in [0.3, 0.4) is 0 Å². The third-order valence-electron chi connectivity index (χ3n) is 5.75. The van der Waals surface area contributed by atoms with Gasteiger partial charge < -0.3 is 9.47 Å². The third kappa shape index (κ3) is 8.17. The number of hydrogen-bond donors (Lipinski definition) is 0. The zero-order valence-corrected chi connectivity index (χ0v) is 22.5. The van der Waals surface area contributed by atoms with E-state index in [9.17, 15) is 12.8 Å². The first kappa shape index (κ1) is 29.0. The summed E-state index contributed by atoms with van der Waals surface area (Å²) in [5, 5.41) is 0.398. The zero-order chi connectivity index (χ0) is 26.2. The highest BCUT2D eigenvalue weighted by Gasteiger charge is 2.29. The molecule has 0 spiro atoms. The molecule has 1 atom stereocenters. The van der Waals surface area contributed by atoms with Crippen LogP contribution >= 0.6 is 11.6 Å². The van der Waals surface area contributed by atoms with E-state index in [1.807, 2.05) is 32.9 Å². The second-order valence-electron chi connectivity index (χ2n) is 8.58. The largest absolute Gasteiger partial charge is 0.493 e. The summed E-state index contributed by atoms with van der Waals surface area (Å²) < 4.78 is 53.1. The molecule has 0 aliphatic carbocycles. The van der Waals surface area contributed by atoms with Crippen LogP contribution in [-0.4, -0.2) is 45.6 Å². The van der Waals surface area contributed by atoms with Gasteiger partial charge in [-0.05, 0) is 56.5 Å². The number of nitrogens with zero attached hydrogens (tertiary/aromatic N) is 1. The fourth-order valence-electron chi connectivity index (χ4n) is 3.55. The number of rotatable bonds is 10. The van der Waals surface area contributed by atoms with Crippen LogP contribution in [0.25, 0.3) is 0 Å². The second kappa shape index (κ2) is 13.2. The van der Waals surface area contributed by atoms with E-state index in [4.69, 9.17) is 21.1 Å². The van der Waals surface area contributed by atoms with Gasteiger partial charge in [0.15, 0.2) is 0 Å². The van der Waals surface area contributed by atoms with E-state index in [1.54, 1.807) is 19.1 Å². The maximum atomic E-state index is 13.7. The number of halogens is 2. The Morgan fingerprint density at radius 1 is 1.31 bits per heavy atom. The van der Waals surface area contributed by atoms with Gasteiger partial charge in [-0.2, -0.15) is 4.31 Å². The van der Waals surface area contributed by atoms with Crippen molar-refractivity contribution in [2.24, 2.45) is 5.92 Å². The quantitative estimate of drug-likeness (QED) is 0.327. The molecule has 192 valence electrons. The third-order valence-corrected chi connectivity index (χ3v) is 8.00. The summed E-state index contributed by atoms with van der Waals surface area (Å²) >= 11 is 6.17. The molecule has 0 radical (unpaired) electrons. The first-order valence-corrected chi connectivity index (χ1v) is 13.3. The molecule has 8 heteroatoms. The Kier molecular flexibility index (Phi) is 11.0. The van der Waals surface area contributed by atoms with Crippen molar-refractivity contribution >= 4 is 21.6 Å². The average molecular weight is 524 g/mol. The second-order valence-corrected chi connectivity index (χ2v) is 10.9. The molecule has 1 fully saturated rings. The van der Waals surface area contributed by atoms with E-state index in [2.05, 4.69) is 13.2 Å². The van der Waals surface area contributed by atoms with Gasteiger partial charge in [0.1, 0.15) is 12.4 Å². The van der Waals surface area contributed by atoms with Crippen LogP contribution in [0.15, 0.2) is 82.8 Å². The van der Waals surface area contributed by atoms with Crippen molar-refractivity contribution in [3.05, 3.63) is 88.5 Å². The van der Waals surface area contributed by atoms with Crippen LogP contribution in [-0.2, 0) is 19.5 Å². The number of aryl methyl sites for hydroxylation is 1.